The molecule has 1 nitrogen and oxygen atoms in total. The number of nitrogens with zero attached hydrogens (tertiary/aromatic N) is 1. The van der Waals surface area contributed by atoms with Crippen LogP contribution in [0.25, 0.3) is 0 Å². The average molecular weight is 342 g/mol. The van der Waals surface area contributed by atoms with Crippen LogP contribution in [-0.2, 0) is 0 Å². The molecule has 0 aromatic carbocycles. The highest BCUT2D eigenvalue weighted by Gasteiger charge is 2.38. The molecule has 1 heterocycles. The van der Waals surface area contributed by atoms with E-state index in [1.54, 1.807) is 0 Å². The van der Waals surface area contributed by atoms with E-state index in [0.29, 0.717) is 5.41 Å². The fourth-order valence-corrected chi connectivity index (χ4v) is 5.91. The number of alkyl halides is 1. The van der Waals surface area contributed by atoms with Gasteiger partial charge in [0.2, 0.25) is 0 Å². The Morgan fingerprint density at radius 1 is 0.850 bits per heavy atom. The Bertz CT molecular complexity index is 294. The molecule has 3 rings (SSSR count). The number of likely N-dealkylation sites (tertiary alicyclic amines) is 1. The van der Waals surface area contributed by atoms with E-state index in [4.69, 9.17) is 0 Å². The van der Waals surface area contributed by atoms with Crippen molar-refractivity contribution in [2.75, 3.05) is 18.4 Å². The number of rotatable bonds is 3. The van der Waals surface area contributed by atoms with Gasteiger partial charge in [-0.15, -0.1) is 0 Å². The molecule has 1 aliphatic heterocycles. The smallest absolute Gasteiger partial charge is 0.0124 e. The highest BCUT2D eigenvalue weighted by Crippen LogP contribution is 2.41. The number of piperidine rings is 1. The Morgan fingerprint density at radius 3 is 2.30 bits per heavy atom. The Kier molecular flexibility index (Phi) is 5.47. The van der Waals surface area contributed by atoms with Gasteiger partial charge in [-0.1, -0.05) is 54.5 Å². The third-order valence-electron chi connectivity index (χ3n) is 6.34. The van der Waals surface area contributed by atoms with Gasteiger partial charge in [0.1, 0.15) is 0 Å². The fourth-order valence-electron chi connectivity index (χ4n) is 5.17. The van der Waals surface area contributed by atoms with E-state index >= 15 is 0 Å². The summed E-state index contributed by atoms with van der Waals surface area (Å²) in [7, 11) is 0. The molecule has 3 aliphatic rings. The van der Waals surface area contributed by atoms with Gasteiger partial charge < -0.3 is 0 Å². The van der Waals surface area contributed by atoms with Crippen LogP contribution in [0, 0.1) is 11.3 Å². The maximum atomic E-state index is 3.89. The third-order valence-corrected chi connectivity index (χ3v) is 7.53. The second-order valence-electron chi connectivity index (χ2n) is 7.77. The molecule has 0 aromatic rings. The minimum atomic E-state index is 0.593. The van der Waals surface area contributed by atoms with Crippen LogP contribution in [0.3, 0.4) is 0 Å². The zero-order valence-electron chi connectivity index (χ0n) is 13.1. The SMILES string of the molecule is BrCC1(CN2CCC[C@H]3CCCC[C@H]32)CCCCCC1. The van der Waals surface area contributed by atoms with Gasteiger partial charge in [-0.05, 0) is 56.4 Å². The van der Waals surface area contributed by atoms with E-state index in [1.165, 1.54) is 95.5 Å². The minimum Gasteiger partial charge on any atom is -0.300 e. The highest BCUT2D eigenvalue weighted by atomic mass is 79.9. The first-order valence-electron chi connectivity index (χ1n) is 9.13. The van der Waals surface area contributed by atoms with Gasteiger partial charge in [-0.25, -0.2) is 0 Å². The molecule has 2 saturated carbocycles. The quantitative estimate of drug-likeness (QED) is 0.492. The van der Waals surface area contributed by atoms with E-state index in [1.807, 2.05) is 0 Å². The number of fused-ring (bicyclic) bond motifs is 1. The van der Waals surface area contributed by atoms with Crippen molar-refractivity contribution in [1.29, 1.82) is 0 Å². The molecule has 0 unspecified atom stereocenters. The molecular weight excluding hydrogens is 310 g/mol. The summed E-state index contributed by atoms with van der Waals surface area (Å²) in [5, 5.41) is 1.23. The lowest BCUT2D eigenvalue weighted by Gasteiger charge is -2.48. The minimum absolute atomic E-state index is 0.593. The van der Waals surface area contributed by atoms with Crippen molar-refractivity contribution in [3.8, 4) is 0 Å². The molecule has 20 heavy (non-hydrogen) atoms. The predicted molar refractivity (Wildman–Crippen MR) is 90.5 cm³/mol. The number of hydrogen-bond donors (Lipinski definition) is 0. The molecule has 3 fully saturated rings. The van der Waals surface area contributed by atoms with Gasteiger partial charge >= 0.3 is 0 Å². The molecule has 0 spiro atoms. The van der Waals surface area contributed by atoms with E-state index < -0.39 is 0 Å². The maximum absolute atomic E-state index is 3.89. The van der Waals surface area contributed by atoms with Crippen LogP contribution in [0.15, 0.2) is 0 Å². The van der Waals surface area contributed by atoms with Crippen LogP contribution in [-0.4, -0.2) is 29.4 Å². The summed E-state index contributed by atoms with van der Waals surface area (Å²) in [6.07, 6.45) is 17.8. The standard InChI is InChI=1S/C18H32BrN/c19-14-18(11-5-1-2-6-12-18)15-20-13-7-9-16-8-3-4-10-17(16)20/h16-17H,1-15H2/t16-,17-/m1/s1. The summed E-state index contributed by atoms with van der Waals surface area (Å²) in [6, 6.07) is 0.941. The van der Waals surface area contributed by atoms with E-state index in [0.717, 1.165) is 12.0 Å². The van der Waals surface area contributed by atoms with Crippen molar-refractivity contribution >= 4 is 15.9 Å². The molecule has 1 saturated heterocycles. The second-order valence-corrected chi connectivity index (χ2v) is 8.33. The second kappa shape index (κ2) is 7.13. The predicted octanol–water partition coefficient (Wildman–Crippen LogP) is 5.38. The molecule has 2 atom stereocenters. The van der Waals surface area contributed by atoms with Gasteiger partial charge in [0.25, 0.3) is 0 Å². The molecule has 116 valence electrons. The number of hydrogen-bond acceptors (Lipinski definition) is 1. The molecule has 0 radical (unpaired) electrons. The molecule has 0 aromatic heterocycles. The van der Waals surface area contributed by atoms with Gasteiger partial charge in [-0.3, -0.25) is 4.90 Å². The van der Waals surface area contributed by atoms with Gasteiger partial charge in [0, 0.05) is 17.9 Å². The first-order valence-corrected chi connectivity index (χ1v) is 10.3. The van der Waals surface area contributed by atoms with Crippen LogP contribution in [0.2, 0.25) is 0 Å². The van der Waals surface area contributed by atoms with Crippen LogP contribution in [0.1, 0.15) is 77.0 Å². The van der Waals surface area contributed by atoms with Crippen LogP contribution in [0.4, 0.5) is 0 Å². The summed E-state index contributed by atoms with van der Waals surface area (Å²) >= 11 is 3.89. The monoisotopic (exact) mass is 341 g/mol. The van der Waals surface area contributed by atoms with Crippen molar-refractivity contribution in [3.63, 3.8) is 0 Å². The molecule has 2 heteroatoms. The summed E-state index contributed by atoms with van der Waals surface area (Å²) in [5.41, 5.74) is 0.593. The summed E-state index contributed by atoms with van der Waals surface area (Å²) in [6.45, 7) is 2.77. The molecule has 0 amide bonds. The largest absolute Gasteiger partial charge is 0.300 e. The molecule has 0 N–H and O–H groups in total. The van der Waals surface area contributed by atoms with Crippen molar-refractivity contribution in [2.24, 2.45) is 11.3 Å². The lowest BCUT2D eigenvalue weighted by atomic mass is 9.75. The Hall–Kier alpha value is 0.440. The van der Waals surface area contributed by atoms with Gasteiger partial charge in [-0.2, -0.15) is 0 Å². The average Bonchev–Trinajstić information content (AvgIpc) is 2.74. The topological polar surface area (TPSA) is 3.24 Å². The Morgan fingerprint density at radius 2 is 1.55 bits per heavy atom. The maximum Gasteiger partial charge on any atom is 0.0124 e. The first-order chi connectivity index (χ1) is 9.83. The van der Waals surface area contributed by atoms with Crippen LogP contribution >= 0.6 is 15.9 Å². The highest BCUT2D eigenvalue weighted by molar-refractivity contribution is 9.09. The summed E-state index contributed by atoms with van der Waals surface area (Å²) < 4.78 is 0. The van der Waals surface area contributed by atoms with Gasteiger partial charge in [0.15, 0.2) is 0 Å². The molecule has 0 bridgehead atoms. The molecular formula is C18H32BrN. The van der Waals surface area contributed by atoms with Crippen LogP contribution < -0.4 is 0 Å². The van der Waals surface area contributed by atoms with Crippen molar-refractivity contribution in [3.05, 3.63) is 0 Å². The normalized spacial score (nSPS) is 35.2. The number of halogens is 1. The van der Waals surface area contributed by atoms with Crippen LogP contribution in [0.5, 0.6) is 0 Å². The third kappa shape index (κ3) is 3.43. The molecule has 2 aliphatic carbocycles. The Balaban J connectivity index is 1.67. The fraction of sp³-hybridized carbons (Fsp3) is 1.00. The Labute approximate surface area is 134 Å². The van der Waals surface area contributed by atoms with Crippen molar-refractivity contribution in [2.45, 2.75) is 83.1 Å². The zero-order valence-corrected chi connectivity index (χ0v) is 14.7. The van der Waals surface area contributed by atoms with E-state index in [2.05, 4.69) is 20.8 Å². The zero-order chi connectivity index (χ0) is 13.8. The van der Waals surface area contributed by atoms with E-state index in [9.17, 15) is 0 Å². The van der Waals surface area contributed by atoms with E-state index in [-0.39, 0.29) is 0 Å². The lowest BCUT2D eigenvalue weighted by molar-refractivity contribution is 0.0251. The van der Waals surface area contributed by atoms with Crippen molar-refractivity contribution in [1.82, 2.24) is 4.90 Å². The van der Waals surface area contributed by atoms with Crippen molar-refractivity contribution < 1.29 is 0 Å². The first kappa shape index (κ1) is 15.3. The lowest BCUT2D eigenvalue weighted by Crippen LogP contribution is -2.51. The van der Waals surface area contributed by atoms with Gasteiger partial charge in [0.05, 0.1) is 0 Å². The summed E-state index contributed by atoms with van der Waals surface area (Å²) in [5.74, 6) is 1.04. The summed E-state index contributed by atoms with van der Waals surface area (Å²) in [4.78, 5) is 2.93.